The minimum absolute atomic E-state index is 0.0788. The third-order valence-corrected chi connectivity index (χ3v) is 7.63. The van der Waals surface area contributed by atoms with E-state index >= 15 is 0 Å². The molecule has 0 radical (unpaired) electrons. The quantitative estimate of drug-likeness (QED) is 0.238. The van der Waals surface area contributed by atoms with Crippen molar-refractivity contribution in [1.82, 2.24) is 33.9 Å². The summed E-state index contributed by atoms with van der Waals surface area (Å²) in [5, 5.41) is 19.0. The number of H-pyrrole nitrogens is 1. The Morgan fingerprint density at radius 1 is 1.28 bits per heavy atom. The lowest BCUT2D eigenvalue weighted by Crippen LogP contribution is -2.45. The summed E-state index contributed by atoms with van der Waals surface area (Å²) in [6.45, 7) is 3.77. The first-order valence-corrected chi connectivity index (χ1v) is 14.4. The Labute approximate surface area is 249 Å². The van der Waals surface area contributed by atoms with E-state index in [4.69, 9.17) is 21.3 Å². The maximum atomic E-state index is 14.4. The SMILES string of the molecule is CN1CCN(CCC(=O)OCn2c(O)c(/C=c3\cnn4c(=NC5CC5)cc(Nc5cc(Cl)ccc5F)nc34)[nH]c2=O)CC1. The number of carbonyl (C=O) groups is 1. The van der Waals surface area contributed by atoms with E-state index in [0.717, 1.165) is 43.6 Å². The molecule has 43 heavy (non-hydrogen) atoms. The Kier molecular flexibility index (Phi) is 8.15. The molecule has 2 fully saturated rings. The summed E-state index contributed by atoms with van der Waals surface area (Å²) in [6.07, 6.45) is 5.12. The monoisotopic (exact) mass is 611 g/mol. The van der Waals surface area contributed by atoms with Gasteiger partial charge in [0.25, 0.3) is 0 Å². The normalized spacial score (nSPS) is 17.2. The highest BCUT2D eigenvalue weighted by Gasteiger charge is 2.21. The zero-order valence-electron chi connectivity index (χ0n) is 23.5. The average Bonchev–Trinajstić information content (AvgIpc) is 3.65. The van der Waals surface area contributed by atoms with Crippen LogP contribution < -0.4 is 21.7 Å². The molecule has 4 aromatic rings. The van der Waals surface area contributed by atoms with Gasteiger partial charge in [-0.15, -0.1) is 0 Å². The van der Waals surface area contributed by atoms with E-state index in [1.807, 2.05) is 0 Å². The van der Waals surface area contributed by atoms with Gasteiger partial charge >= 0.3 is 11.7 Å². The second kappa shape index (κ2) is 12.1. The third kappa shape index (κ3) is 6.71. The standard InChI is InChI=1S/C28H31ClFN9O4/c1-36-8-10-37(11-9-36)7-6-25(40)43-16-38-27(41)22(34-28(38)42)12-17-15-31-39-24(32-19-3-4-19)14-23(35-26(17)39)33-21-13-18(29)2-5-20(21)30/h2,5,12-15,19,33,41H,3-4,6-11,16H2,1H3,(H,34,42)/b17-12+,32-24?. The molecule has 15 heteroatoms. The Morgan fingerprint density at radius 3 is 2.84 bits per heavy atom. The first kappa shape index (κ1) is 28.8. The summed E-state index contributed by atoms with van der Waals surface area (Å²) in [5.74, 6) is -1.07. The number of hydrogen-bond donors (Lipinski definition) is 3. The Balaban J connectivity index is 1.24. The van der Waals surface area contributed by atoms with E-state index in [0.29, 0.717) is 33.7 Å². The van der Waals surface area contributed by atoms with Crippen LogP contribution in [0.3, 0.4) is 0 Å². The van der Waals surface area contributed by atoms with E-state index in [-0.39, 0.29) is 23.8 Å². The Morgan fingerprint density at radius 2 is 2.07 bits per heavy atom. The van der Waals surface area contributed by atoms with Crippen LogP contribution in [0.1, 0.15) is 25.0 Å². The van der Waals surface area contributed by atoms with Gasteiger partial charge in [-0.3, -0.25) is 9.79 Å². The van der Waals surface area contributed by atoms with Crippen LogP contribution in [0, 0.1) is 5.82 Å². The predicted octanol–water partition coefficient (Wildman–Crippen LogP) is 1.21. The van der Waals surface area contributed by atoms with Gasteiger partial charge in [0, 0.05) is 49.0 Å². The van der Waals surface area contributed by atoms with Crippen LogP contribution in [0.15, 0.2) is 40.2 Å². The van der Waals surface area contributed by atoms with E-state index in [1.165, 1.54) is 35.0 Å². The molecule has 4 heterocycles. The second-order valence-electron chi connectivity index (χ2n) is 10.7. The third-order valence-electron chi connectivity index (χ3n) is 7.40. The Bertz CT molecular complexity index is 1840. The van der Waals surface area contributed by atoms with Crippen LogP contribution in [0.25, 0.3) is 11.7 Å². The number of aromatic nitrogens is 5. The van der Waals surface area contributed by atoms with Crippen molar-refractivity contribution in [3.05, 3.63) is 68.2 Å². The first-order valence-electron chi connectivity index (χ1n) is 14.0. The van der Waals surface area contributed by atoms with Crippen LogP contribution in [0.5, 0.6) is 5.88 Å². The number of aromatic amines is 1. The van der Waals surface area contributed by atoms with Gasteiger partial charge in [-0.2, -0.15) is 9.61 Å². The number of piperazine rings is 1. The van der Waals surface area contributed by atoms with Gasteiger partial charge in [0.15, 0.2) is 17.9 Å². The smallest absolute Gasteiger partial charge is 0.331 e. The molecule has 1 aliphatic heterocycles. The highest BCUT2D eigenvalue weighted by atomic mass is 35.5. The number of esters is 1. The Hall–Kier alpha value is -4.27. The molecule has 3 aromatic heterocycles. The lowest BCUT2D eigenvalue weighted by molar-refractivity contribution is -0.148. The van der Waals surface area contributed by atoms with Crippen molar-refractivity contribution in [2.45, 2.75) is 32.0 Å². The number of aromatic hydroxyl groups is 1. The predicted molar refractivity (Wildman–Crippen MR) is 156 cm³/mol. The summed E-state index contributed by atoms with van der Waals surface area (Å²) in [7, 11) is 2.06. The number of ether oxygens (including phenoxy) is 1. The molecule has 0 spiro atoms. The van der Waals surface area contributed by atoms with Crippen LogP contribution in [-0.2, 0) is 16.3 Å². The molecule has 3 N–H and O–H groups in total. The molecule has 1 aliphatic carbocycles. The van der Waals surface area contributed by atoms with Crippen LogP contribution >= 0.6 is 11.6 Å². The molecule has 226 valence electrons. The van der Waals surface area contributed by atoms with Gasteiger partial charge in [-0.1, -0.05) is 11.6 Å². The minimum Gasteiger partial charge on any atom is -0.493 e. The minimum atomic E-state index is -0.650. The highest BCUT2D eigenvalue weighted by Crippen LogP contribution is 2.24. The molecule has 1 saturated carbocycles. The molecule has 0 bridgehead atoms. The van der Waals surface area contributed by atoms with Crippen LogP contribution in [0.2, 0.25) is 5.02 Å². The van der Waals surface area contributed by atoms with Crippen molar-refractivity contribution >= 4 is 40.8 Å². The largest absolute Gasteiger partial charge is 0.493 e. The number of carbonyl (C=O) groups excluding carboxylic acids is 1. The maximum absolute atomic E-state index is 14.4. The summed E-state index contributed by atoms with van der Waals surface area (Å²) in [5.41, 5.74) is 0.438. The van der Waals surface area contributed by atoms with Crippen molar-refractivity contribution in [3.63, 3.8) is 0 Å². The maximum Gasteiger partial charge on any atom is 0.331 e. The number of likely N-dealkylation sites (N-methyl/N-ethyl adjacent to an activating group) is 1. The second-order valence-corrected chi connectivity index (χ2v) is 11.2. The lowest BCUT2D eigenvalue weighted by atomic mass is 10.3. The molecule has 1 saturated heterocycles. The summed E-state index contributed by atoms with van der Waals surface area (Å²) >= 11 is 6.06. The molecule has 0 atom stereocenters. The zero-order chi connectivity index (χ0) is 30.1. The van der Waals surface area contributed by atoms with Crippen LogP contribution in [-0.4, -0.2) is 90.8 Å². The molecule has 0 unspecified atom stereocenters. The summed E-state index contributed by atoms with van der Waals surface area (Å²) < 4.78 is 22.2. The first-order chi connectivity index (χ1) is 20.7. The zero-order valence-corrected chi connectivity index (χ0v) is 24.2. The van der Waals surface area contributed by atoms with Crippen LogP contribution in [0.4, 0.5) is 15.9 Å². The molecule has 0 amide bonds. The molecule has 13 nitrogen and oxygen atoms in total. The van der Waals surface area contributed by atoms with Crippen molar-refractivity contribution in [3.8, 4) is 5.88 Å². The summed E-state index contributed by atoms with van der Waals surface area (Å²) in [6, 6.07) is 5.98. The lowest BCUT2D eigenvalue weighted by Gasteiger charge is -2.31. The van der Waals surface area contributed by atoms with Crippen molar-refractivity contribution in [2.75, 3.05) is 45.1 Å². The number of imidazole rings is 1. The molecule has 1 aromatic carbocycles. The molecule has 6 rings (SSSR count). The topological polar surface area (TPSA) is 145 Å². The molecular formula is C28H31ClFN9O4. The fraction of sp³-hybridized carbons (Fsp3) is 0.393. The van der Waals surface area contributed by atoms with Crippen molar-refractivity contribution in [2.24, 2.45) is 4.99 Å². The number of rotatable bonds is 9. The van der Waals surface area contributed by atoms with Crippen molar-refractivity contribution < 1.29 is 19.0 Å². The van der Waals surface area contributed by atoms with Gasteiger partial charge < -0.3 is 29.9 Å². The number of fused-ring (bicyclic) bond motifs is 1. The molecule has 2 aliphatic rings. The number of nitrogens with zero attached hydrogens (tertiary/aromatic N) is 7. The number of nitrogens with one attached hydrogen (secondary N) is 2. The van der Waals surface area contributed by atoms with Gasteiger partial charge in [0.2, 0.25) is 5.88 Å². The van der Waals surface area contributed by atoms with E-state index in [9.17, 15) is 19.1 Å². The van der Waals surface area contributed by atoms with Gasteiger partial charge in [0.05, 0.1) is 24.3 Å². The van der Waals surface area contributed by atoms with E-state index < -0.39 is 30.1 Å². The fourth-order valence-electron chi connectivity index (χ4n) is 4.73. The van der Waals surface area contributed by atoms with E-state index in [1.54, 1.807) is 6.07 Å². The van der Waals surface area contributed by atoms with Crippen molar-refractivity contribution in [1.29, 1.82) is 0 Å². The number of anilines is 2. The average molecular weight is 612 g/mol. The van der Waals surface area contributed by atoms with Gasteiger partial charge in [-0.05, 0) is 44.2 Å². The summed E-state index contributed by atoms with van der Waals surface area (Å²) in [4.78, 5) is 41.3. The number of halogens is 2. The highest BCUT2D eigenvalue weighted by molar-refractivity contribution is 6.30. The fourth-order valence-corrected chi connectivity index (χ4v) is 4.90. The number of hydrogen-bond acceptors (Lipinski definition) is 10. The van der Waals surface area contributed by atoms with Gasteiger partial charge in [0.1, 0.15) is 17.3 Å². The molecular weight excluding hydrogens is 581 g/mol. The van der Waals surface area contributed by atoms with Gasteiger partial charge in [-0.25, -0.2) is 18.7 Å². The van der Waals surface area contributed by atoms with E-state index in [2.05, 4.69) is 37.2 Å². The number of benzene rings is 1.